The van der Waals surface area contributed by atoms with Gasteiger partial charge in [0.25, 0.3) is 0 Å². The fourth-order valence-corrected chi connectivity index (χ4v) is 4.46. The van der Waals surface area contributed by atoms with Crippen molar-refractivity contribution in [2.75, 3.05) is 26.3 Å². The van der Waals surface area contributed by atoms with E-state index >= 15 is 0 Å². The lowest BCUT2D eigenvalue weighted by molar-refractivity contribution is -0.132. The maximum atomic E-state index is 11.4. The summed E-state index contributed by atoms with van der Waals surface area (Å²) in [5.74, 6) is 1.54. The largest absolute Gasteiger partial charge is 0.491 e. The van der Waals surface area contributed by atoms with Crippen LogP contribution in [-0.4, -0.2) is 71.6 Å². The molecule has 9 nitrogen and oxygen atoms in total. The van der Waals surface area contributed by atoms with Crippen LogP contribution in [0.3, 0.4) is 0 Å². The van der Waals surface area contributed by atoms with Crippen molar-refractivity contribution in [3.63, 3.8) is 0 Å². The summed E-state index contributed by atoms with van der Waals surface area (Å²) >= 11 is 0. The maximum absolute atomic E-state index is 11.4. The highest BCUT2D eigenvalue weighted by Gasteiger charge is 2.21. The molecule has 2 aromatic carbocycles. The minimum atomic E-state index is -0.801. The fourth-order valence-electron chi connectivity index (χ4n) is 4.46. The van der Waals surface area contributed by atoms with E-state index in [1.807, 2.05) is 60.3 Å². The summed E-state index contributed by atoms with van der Waals surface area (Å²) in [7, 11) is 0. The van der Waals surface area contributed by atoms with Gasteiger partial charge in [-0.05, 0) is 101 Å². The lowest BCUT2D eigenvalue weighted by Gasteiger charge is -2.31. The van der Waals surface area contributed by atoms with Crippen molar-refractivity contribution in [1.82, 2.24) is 4.90 Å². The Morgan fingerprint density at radius 1 is 0.700 bits per heavy atom. The second-order valence-electron chi connectivity index (χ2n) is 10.7. The first-order valence-corrected chi connectivity index (χ1v) is 13.6. The Kier molecular flexibility index (Phi) is 12.0. The van der Waals surface area contributed by atoms with E-state index in [9.17, 15) is 19.8 Å². The molecule has 40 heavy (non-hydrogen) atoms. The molecule has 9 heteroatoms. The number of aliphatic hydroxyl groups excluding tert-OH is 2. The van der Waals surface area contributed by atoms with Gasteiger partial charge in [-0.2, -0.15) is 0 Å². The second-order valence-corrected chi connectivity index (χ2v) is 10.7. The number of carbonyl (C=O) groups is 2. The molecular weight excluding hydrogens is 514 g/mol. The van der Waals surface area contributed by atoms with Crippen molar-refractivity contribution >= 4 is 11.9 Å². The van der Waals surface area contributed by atoms with Crippen LogP contribution >= 0.6 is 0 Å². The van der Waals surface area contributed by atoms with E-state index in [4.69, 9.17) is 18.9 Å². The molecule has 0 spiro atoms. The number of aliphatic hydroxyl groups is 2. The van der Waals surface area contributed by atoms with Gasteiger partial charge in [-0.25, -0.2) is 0 Å². The normalized spacial score (nSPS) is 12.8. The van der Waals surface area contributed by atoms with Crippen molar-refractivity contribution in [3.05, 3.63) is 45.5 Å². The lowest BCUT2D eigenvalue weighted by atomic mass is 10.0. The molecule has 222 valence electrons. The first kappa shape index (κ1) is 33.1. The van der Waals surface area contributed by atoms with Gasteiger partial charge in [0.2, 0.25) is 0 Å². The van der Waals surface area contributed by atoms with Crippen LogP contribution < -0.4 is 18.9 Å². The van der Waals surface area contributed by atoms with Crippen molar-refractivity contribution in [2.45, 2.75) is 87.5 Å². The van der Waals surface area contributed by atoms with E-state index in [1.54, 1.807) is 12.1 Å². The van der Waals surface area contributed by atoms with Gasteiger partial charge in [0, 0.05) is 33.0 Å². The van der Waals surface area contributed by atoms with Crippen LogP contribution in [0.4, 0.5) is 0 Å². The van der Waals surface area contributed by atoms with Crippen LogP contribution in [0.2, 0.25) is 0 Å². The number of esters is 2. The fraction of sp³-hybridized carbons (Fsp3) is 0.548. The summed E-state index contributed by atoms with van der Waals surface area (Å²) in [6.07, 6.45) is -1.60. The Balaban J connectivity index is 1.99. The monoisotopic (exact) mass is 559 g/mol. The molecule has 0 amide bonds. The Hall–Kier alpha value is -3.14. The number of rotatable bonds is 13. The molecule has 0 heterocycles. The first-order chi connectivity index (χ1) is 18.6. The summed E-state index contributed by atoms with van der Waals surface area (Å²) in [6, 6.07) is 3.67. The molecule has 2 N–H and O–H groups in total. The third kappa shape index (κ3) is 8.94. The SMILES string of the molecule is CC(=O)Oc1c(C)cc(OC[C@H](O)CN(C[C@@H](O)COc2cc(C)c(OC(C)=O)c(C)c2C)C(C)C)c(C)c1C. The van der Waals surface area contributed by atoms with E-state index in [0.717, 1.165) is 33.4 Å². The summed E-state index contributed by atoms with van der Waals surface area (Å²) in [5.41, 5.74) is 4.85. The number of hydrogen-bond acceptors (Lipinski definition) is 9. The number of hydrogen-bond donors (Lipinski definition) is 2. The van der Waals surface area contributed by atoms with Crippen LogP contribution in [0.5, 0.6) is 23.0 Å². The predicted octanol–water partition coefficient (Wildman–Crippen LogP) is 4.28. The highest BCUT2D eigenvalue weighted by atomic mass is 16.5. The highest BCUT2D eigenvalue weighted by Crippen LogP contribution is 2.34. The molecule has 0 fully saturated rings. The standard InChI is InChI=1S/C31H45NO8/c1-17(2)32(13-26(35)15-37-28-11-18(3)30(39-24(9)33)22(7)20(28)5)14-27(36)16-38-29-12-19(4)31(40-25(10)34)23(8)21(29)6/h11-12,17,26-27,35-36H,13-16H2,1-10H3/t26-,27-/m1/s1. The Labute approximate surface area is 238 Å². The van der Waals surface area contributed by atoms with Gasteiger partial charge in [-0.15, -0.1) is 0 Å². The van der Waals surface area contributed by atoms with Gasteiger partial charge in [0.05, 0.1) is 0 Å². The molecule has 0 aromatic heterocycles. The smallest absolute Gasteiger partial charge is 0.308 e. The Morgan fingerprint density at radius 2 is 1.05 bits per heavy atom. The van der Waals surface area contributed by atoms with Gasteiger partial charge in [-0.1, -0.05) is 0 Å². The van der Waals surface area contributed by atoms with Gasteiger partial charge in [0.15, 0.2) is 0 Å². The number of carbonyl (C=O) groups excluding carboxylic acids is 2. The molecular formula is C31H45NO8. The van der Waals surface area contributed by atoms with E-state index < -0.39 is 12.2 Å². The topological polar surface area (TPSA) is 115 Å². The maximum Gasteiger partial charge on any atom is 0.308 e. The van der Waals surface area contributed by atoms with Crippen LogP contribution in [0, 0.1) is 41.5 Å². The van der Waals surface area contributed by atoms with Crippen LogP contribution in [0.1, 0.15) is 61.1 Å². The third-order valence-corrected chi connectivity index (χ3v) is 6.93. The molecule has 0 saturated heterocycles. The van der Waals surface area contributed by atoms with E-state index in [2.05, 4.69) is 0 Å². The number of benzene rings is 2. The van der Waals surface area contributed by atoms with Crippen molar-refractivity contribution in [3.8, 4) is 23.0 Å². The zero-order valence-electron chi connectivity index (χ0n) is 25.5. The molecule has 2 atom stereocenters. The van der Waals surface area contributed by atoms with E-state index in [1.165, 1.54) is 13.8 Å². The summed E-state index contributed by atoms with van der Waals surface area (Å²) in [5, 5.41) is 21.5. The molecule has 2 rings (SSSR count). The van der Waals surface area contributed by atoms with Crippen molar-refractivity contribution in [2.24, 2.45) is 0 Å². The van der Waals surface area contributed by atoms with Crippen molar-refractivity contribution in [1.29, 1.82) is 0 Å². The molecule has 0 radical (unpaired) electrons. The minimum Gasteiger partial charge on any atom is -0.491 e. The molecule has 0 saturated carbocycles. The molecule has 0 aliphatic carbocycles. The quantitative estimate of drug-likeness (QED) is 0.274. The molecule has 0 aliphatic heterocycles. The first-order valence-electron chi connectivity index (χ1n) is 13.6. The molecule has 0 unspecified atom stereocenters. The zero-order chi connectivity index (χ0) is 30.3. The highest BCUT2D eigenvalue weighted by molar-refractivity contribution is 5.72. The van der Waals surface area contributed by atoms with Crippen LogP contribution in [0.15, 0.2) is 12.1 Å². The average molecular weight is 560 g/mol. The average Bonchev–Trinajstić information content (AvgIpc) is 2.86. The Morgan fingerprint density at radius 3 is 1.35 bits per heavy atom. The predicted molar refractivity (Wildman–Crippen MR) is 154 cm³/mol. The minimum absolute atomic E-state index is 0.0628. The van der Waals surface area contributed by atoms with Gasteiger partial charge in [-0.3, -0.25) is 14.5 Å². The third-order valence-electron chi connectivity index (χ3n) is 6.93. The molecule has 2 aromatic rings. The molecule has 0 bridgehead atoms. The molecule has 0 aliphatic rings. The summed E-state index contributed by atoms with van der Waals surface area (Å²) in [6.45, 7) is 18.6. The number of aryl methyl sites for hydroxylation is 2. The lowest BCUT2D eigenvalue weighted by Crippen LogP contribution is -2.45. The number of nitrogens with zero attached hydrogens (tertiary/aromatic N) is 1. The van der Waals surface area contributed by atoms with Crippen LogP contribution in [-0.2, 0) is 9.59 Å². The Bertz CT molecular complexity index is 1120. The summed E-state index contributed by atoms with van der Waals surface area (Å²) in [4.78, 5) is 24.8. The second kappa shape index (κ2) is 14.5. The van der Waals surface area contributed by atoms with E-state index in [0.29, 0.717) is 36.1 Å². The van der Waals surface area contributed by atoms with Gasteiger partial charge < -0.3 is 29.2 Å². The van der Waals surface area contributed by atoms with Crippen LogP contribution in [0.25, 0.3) is 0 Å². The van der Waals surface area contributed by atoms with Gasteiger partial charge in [0.1, 0.15) is 48.4 Å². The number of ether oxygens (including phenoxy) is 4. The van der Waals surface area contributed by atoms with E-state index in [-0.39, 0.29) is 31.2 Å². The zero-order valence-corrected chi connectivity index (χ0v) is 25.5. The summed E-state index contributed by atoms with van der Waals surface area (Å²) < 4.78 is 22.6. The van der Waals surface area contributed by atoms with Crippen molar-refractivity contribution < 1.29 is 38.7 Å². The van der Waals surface area contributed by atoms with Gasteiger partial charge >= 0.3 is 11.9 Å².